The van der Waals surface area contributed by atoms with Crippen LogP contribution in [-0.4, -0.2) is 17.5 Å². The third-order valence-electron chi connectivity index (χ3n) is 2.50. The predicted octanol–water partition coefficient (Wildman–Crippen LogP) is 1.52. The normalized spacial score (nSPS) is 10.0. The molecule has 0 spiro atoms. The molecule has 0 aliphatic heterocycles. The number of nitrogens with zero attached hydrogens (tertiary/aromatic N) is 2. The first kappa shape index (κ1) is 10.2. The Morgan fingerprint density at radius 1 is 1.50 bits per heavy atom. The van der Waals surface area contributed by atoms with Crippen molar-refractivity contribution in [3.8, 4) is 6.07 Å². The molecule has 0 saturated heterocycles. The van der Waals surface area contributed by atoms with E-state index in [9.17, 15) is 4.79 Å². The SMILES string of the molecule is CNC(=O)c1ccc2ccn(CC#N)c2c1. The lowest BCUT2D eigenvalue weighted by Gasteiger charge is -2.02. The van der Waals surface area contributed by atoms with Crippen molar-refractivity contribution in [2.75, 3.05) is 7.05 Å². The summed E-state index contributed by atoms with van der Waals surface area (Å²) in [4.78, 5) is 11.5. The summed E-state index contributed by atoms with van der Waals surface area (Å²) in [5, 5.41) is 12.3. The molecule has 1 amide bonds. The maximum atomic E-state index is 11.5. The molecule has 0 aliphatic rings. The van der Waals surface area contributed by atoms with E-state index in [4.69, 9.17) is 5.26 Å². The number of hydrogen-bond acceptors (Lipinski definition) is 2. The second-order valence-electron chi connectivity index (χ2n) is 3.45. The Morgan fingerprint density at radius 2 is 2.31 bits per heavy atom. The average molecular weight is 213 g/mol. The molecular weight excluding hydrogens is 202 g/mol. The van der Waals surface area contributed by atoms with Gasteiger partial charge in [-0.05, 0) is 23.6 Å². The maximum absolute atomic E-state index is 11.5. The maximum Gasteiger partial charge on any atom is 0.251 e. The molecule has 0 atom stereocenters. The van der Waals surface area contributed by atoms with Gasteiger partial charge < -0.3 is 9.88 Å². The zero-order valence-corrected chi connectivity index (χ0v) is 8.90. The minimum Gasteiger partial charge on any atom is -0.355 e. The molecule has 2 rings (SSSR count). The molecule has 0 radical (unpaired) electrons. The quantitative estimate of drug-likeness (QED) is 0.822. The number of fused-ring (bicyclic) bond motifs is 1. The van der Waals surface area contributed by atoms with E-state index in [0.29, 0.717) is 12.1 Å². The molecule has 1 heterocycles. The number of carbonyl (C=O) groups excluding carboxylic acids is 1. The van der Waals surface area contributed by atoms with Crippen molar-refractivity contribution >= 4 is 16.8 Å². The van der Waals surface area contributed by atoms with Gasteiger partial charge in [-0.15, -0.1) is 0 Å². The lowest BCUT2D eigenvalue weighted by molar-refractivity contribution is 0.0963. The van der Waals surface area contributed by atoms with E-state index in [2.05, 4.69) is 11.4 Å². The molecule has 0 saturated carbocycles. The van der Waals surface area contributed by atoms with Crippen molar-refractivity contribution in [2.24, 2.45) is 0 Å². The van der Waals surface area contributed by atoms with Gasteiger partial charge in [-0.1, -0.05) is 6.07 Å². The molecule has 0 aliphatic carbocycles. The predicted molar refractivity (Wildman–Crippen MR) is 60.9 cm³/mol. The Balaban J connectivity index is 2.55. The number of aromatic nitrogens is 1. The van der Waals surface area contributed by atoms with Gasteiger partial charge in [0.1, 0.15) is 6.54 Å². The number of amides is 1. The van der Waals surface area contributed by atoms with E-state index in [1.165, 1.54) is 0 Å². The largest absolute Gasteiger partial charge is 0.355 e. The van der Waals surface area contributed by atoms with Crippen LogP contribution >= 0.6 is 0 Å². The summed E-state index contributed by atoms with van der Waals surface area (Å²) in [5.41, 5.74) is 1.51. The van der Waals surface area contributed by atoms with Crippen LogP contribution in [0, 0.1) is 11.3 Å². The van der Waals surface area contributed by atoms with Crippen LogP contribution in [0.2, 0.25) is 0 Å². The van der Waals surface area contributed by atoms with Crippen LogP contribution in [-0.2, 0) is 6.54 Å². The summed E-state index contributed by atoms with van der Waals surface area (Å²) in [5.74, 6) is -0.119. The van der Waals surface area contributed by atoms with E-state index in [0.717, 1.165) is 10.9 Å². The fourth-order valence-corrected chi connectivity index (χ4v) is 1.68. The smallest absolute Gasteiger partial charge is 0.251 e. The van der Waals surface area contributed by atoms with Crippen molar-refractivity contribution in [3.05, 3.63) is 36.0 Å². The molecular formula is C12H11N3O. The van der Waals surface area contributed by atoms with Gasteiger partial charge in [0.25, 0.3) is 5.91 Å². The van der Waals surface area contributed by atoms with Gasteiger partial charge in [0, 0.05) is 24.3 Å². The lowest BCUT2D eigenvalue weighted by atomic mass is 10.1. The van der Waals surface area contributed by atoms with E-state index >= 15 is 0 Å². The van der Waals surface area contributed by atoms with Crippen molar-refractivity contribution in [1.82, 2.24) is 9.88 Å². The lowest BCUT2D eigenvalue weighted by Crippen LogP contribution is -2.17. The molecule has 0 fully saturated rings. The number of nitrogens with one attached hydrogen (secondary N) is 1. The van der Waals surface area contributed by atoms with Crippen molar-refractivity contribution in [2.45, 2.75) is 6.54 Å². The molecule has 1 aromatic heterocycles. The minimum atomic E-state index is -0.119. The van der Waals surface area contributed by atoms with Crippen molar-refractivity contribution in [1.29, 1.82) is 5.26 Å². The molecule has 4 nitrogen and oxygen atoms in total. The number of nitriles is 1. The first-order valence-electron chi connectivity index (χ1n) is 4.94. The van der Waals surface area contributed by atoms with Crippen LogP contribution in [0.3, 0.4) is 0 Å². The van der Waals surface area contributed by atoms with Gasteiger partial charge in [0.2, 0.25) is 0 Å². The zero-order chi connectivity index (χ0) is 11.5. The molecule has 1 N–H and O–H groups in total. The summed E-state index contributed by atoms with van der Waals surface area (Å²) in [7, 11) is 1.60. The summed E-state index contributed by atoms with van der Waals surface area (Å²) in [6, 6.07) is 9.47. The highest BCUT2D eigenvalue weighted by atomic mass is 16.1. The second-order valence-corrected chi connectivity index (χ2v) is 3.45. The number of hydrogen-bond donors (Lipinski definition) is 1. The highest BCUT2D eigenvalue weighted by Crippen LogP contribution is 2.17. The number of benzene rings is 1. The van der Waals surface area contributed by atoms with E-state index in [1.807, 2.05) is 22.9 Å². The van der Waals surface area contributed by atoms with E-state index in [-0.39, 0.29) is 5.91 Å². The average Bonchev–Trinajstić information content (AvgIpc) is 2.71. The third-order valence-corrected chi connectivity index (χ3v) is 2.50. The molecule has 16 heavy (non-hydrogen) atoms. The summed E-state index contributed by atoms with van der Waals surface area (Å²) < 4.78 is 1.82. The second kappa shape index (κ2) is 4.07. The van der Waals surface area contributed by atoms with Crippen LogP contribution < -0.4 is 5.32 Å². The summed E-state index contributed by atoms with van der Waals surface area (Å²) >= 11 is 0. The Kier molecular flexibility index (Phi) is 2.61. The fraction of sp³-hybridized carbons (Fsp3) is 0.167. The summed E-state index contributed by atoms with van der Waals surface area (Å²) in [6.45, 7) is 0.292. The number of rotatable bonds is 2. The van der Waals surface area contributed by atoms with Gasteiger partial charge >= 0.3 is 0 Å². The fourth-order valence-electron chi connectivity index (χ4n) is 1.68. The molecule has 4 heteroatoms. The monoisotopic (exact) mass is 213 g/mol. The van der Waals surface area contributed by atoms with Gasteiger partial charge in [-0.25, -0.2) is 0 Å². The van der Waals surface area contributed by atoms with Crippen molar-refractivity contribution in [3.63, 3.8) is 0 Å². The minimum absolute atomic E-state index is 0.119. The molecule has 80 valence electrons. The van der Waals surface area contributed by atoms with Crippen molar-refractivity contribution < 1.29 is 4.79 Å². The van der Waals surface area contributed by atoms with E-state index in [1.54, 1.807) is 19.2 Å². The number of carbonyl (C=O) groups is 1. The Morgan fingerprint density at radius 3 is 3.00 bits per heavy atom. The Labute approximate surface area is 93.1 Å². The molecule has 2 aromatic rings. The molecule has 0 unspecified atom stereocenters. The van der Waals surface area contributed by atoms with Gasteiger partial charge in [-0.2, -0.15) is 5.26 Å². The Bertz CT molecular complexity index is 577. The zero-order valence-electron chi connectivity index (χ0n) is 8.90. The Hall–Kier alpha value is -2.28. The van der Waals surface area contributed by atoms with Crippen LogP contribution in [0.5, 0.6) is 0 Å². The first-order valence-corrected chi connectivity index (χ1v) is 4.94. The van der Waals surface area contributed by atoms with Crippen LogP contribution in [0.1, 0.15) is 10.4 Å². The highest BCUT2D eigenvalue weighted by Gasteiger charge is 2.06. The van der Waals surface area contributed by atoms with E-state index < -0.39 is 0 Å². The van der Waals surface area contributed by atoms with Crippen LogP contribution in [0.25, 0.3) is 10.9 Å². The molecule has 0 bridgehead atoms. The standard InChI is InChI=1S/C12H11N3O/c1-14-12(16)10-3-2-9-4-6-15(7-5-13)11(9)8-10/h2-4,6,8H,7H2,1H3,(H,14,16). The van der Waals surface area contributed by atoms with Gasteiger partial charge in [0.15, 0.2) is 0 Å². The van der Waals surface area contributed by atoms with Gasteiger partial charge in [0.05, 0.1) is 6.07 Å². The van der Waals surface area contributed by atoms with Gasteiger partial charge in [-0.3, -0.25) is 4.79 Å². The topological polar surface area (TPSA) is 57.8 Å². The van der Waals surface area contributed by atoms with Crippen LogP contribution in [0.15, 0.2) is 30.5 Å². The van der Waals surface area contributed by atoms with Crippen LogP contribution in [0.4, 0.5) is 0 Å². The first-order chi connectivity index (χ1) is 7.76. The third kappa shape index (κ3) is 1.63. The molecule has 1 aromatic carbocycles. The summed E-state index contributed by atoms with van der Waals surface area (Å²) in [6.07, 6.45) is 1.85. The highest BCUT2D eigenvalue weighted by molar-refractivity contribution is 5.97.